The highest BCUT2D eigenvalue weighted by atomic mass is 16.7. The van der Waals surface area contributed by atoms with Crippen LogP contribution >= 0.6 is 0 Å². The number of rotatable bonds is 11. The molecular formula is C44H80N2O18. The molecule has 4 saturated heterocycles. The van der Waals surface area contributed by atoms with Gasteiger partial charge in [0, 0.05) is 44.4 Å². The van der Waals surface area contributed by atoms with Gasteiger partial charge in [0.25, 0.3) is 0 Å². The number of carbonyl (C=O) groups excluding carboxylic acids is 1. The fourth-order valence-electron chi connectivity index (χ4n) is 10.1. The van der Waals surface area contributed by atoms with Gasteiger partial charge in [-0.25, -0.2) is 0 Å². The Labute approximate surface area is 378 Å². The molecule has 4 rings (SSSR count). The number of methoxy groups -OCH3 is 2. The Bertz CT molecular complexity index is 1510. The molecule has 4 aliphatic rings. The molecule has 0 aliphatic carbocycles. The van der Waals surface area contributed by atoms with Crippen molar-refractivity contribution >= 4 is 11.7 Å². The minimum atomic E-state index is -2.11. The summed E-state index contributed by atoms with van der Waals surface area (Å²) in [5.41, 5.74) is -5.07. The van der Waals surface area contributed by atoms with E-state index in [2.05, 4.69) is 5.16 Å². The van der Waals surface area contributed by atoms with Crippen LogP contribution in [-0.2, 0) is 47.5 Å². The number of hydrogen-bond acceptors (Lipinski definition) is 20. The third-order valence-electron chi connectivity index (χ3n) is 14.2. The van der Waals surface area contributed by atoms with Crippen LogP contribution in [0.1, 0.15) is 94.9 Å². The van der Waals surface area contributed by atoms with Crippen molar-refractivity contribution in [3.8, 4) is 0 Å². The SMILES string of the molecule is CC[C@@H]1OC(=O)[C@H](C)[C@@H](O[C@H]2C[C@@](C)(OC)[C@@H](O)[C@H](C)O2)[C@H](C)[C@@H](O[C@@H]2O[C@H](C)C[C@H](N(C)C)[C@H]2O)[C@](C)(O)C[C@@H](C)/C(=N\O[C@@H]2[C@@H](O)[C@H](OC)O[C@H](CO)[C@H]2O)[C@H](C)[C@@H](O)[C@]1(C)O. The van der Waals surface area contributed by atoms with Crippen LogP contribution in [0.3, 0.4) is 0 Å². The molecule has 0 aromatic heterocycles. The molecule has 374 valence electrons. The van der Waals surface area contributed by atoms with E-state index in [0.29, 0.717) is 6.42 Å². The minimum Gasteiger partial charge on any atom is -0.459 e. The summed E-state index contributed by atoms with van der Waals surface area (Å²) in [5.74, 6) is -4.82. The van der Waals surface area contributed by atoms with Crippen molar-refractivity contribution in [3.63, 3.8) is 0 Å². The zero-order chi connectivity index (χ0) is 48.4. The van der Waals surface area contributed by atoms with Gasteiger partial charge in [-0.2, -0.15) is 0 Å². The summed E-state index contributed by atoms with van der Waals surface area (Å²) in [5, 5.41) is 96.3. The average molecular weight is 925 g/mol. The topological polar surface area (TPSA) is 278 Å². The number of ether oxygens (including phenoxy) is 8. The zero-order valence-corrected chi connectivity index (χ0v) is 40.1. The molecule has 0 unspecified atom stereocenters. The molecule has 20 nitrogen and oxygen atoms in total. The first-order chi connectivity index (χ1) is 29.7. The number of oxime groups is 1. The van der Waals surface area contributed by atoms with E-state index < -0.39 is 145 Å². The van der Waals surface area contributed by atoms with Gasteiger partial charge in [0.15, 0.2) is 25.0 Å². The number of aliphatic hydroxyl groups is 8. The van der Waals surface area contributed by atoms with Gasteiger partial charge in [0.1, 0.15) is 42.2 Å². The highest BCUT2D eigenvalue weighted by molar-refractivity contribution is 5.88. The van der Waals surface area contributed by atoms with Crippen molar-refractivity contribution < 1.29 is 88.4 Å². The first-order valence-corrected chi connectivity index (χ1v) is 22.6. The number of likely N-dealkylation sites (N-methyl/N-ethyl adjacent to an activating group) is 1. The Morgan fingerprint density at radius 3 is 2.02 bits per heavy atom. The molecule has 0 aromatic carbocycles. The predicted octanol–water partition coefficient (Wildman–Crippen LogP) is 0.0431. The third-order valence-corrected chi connectivity index (χ3v) is 14.2. The molecular weight excluding hydrogens is 844 g/mol. The fourth-order valence-corrected chi connectivity index (χ4v) is 10.1. The van der Waals surface area contributed by atoms with Crippen molar-refractivity contribution in [1.82, 2.24) is 4.90 Å². The lowest BCUT2D eigenvalue weighted by atomic mass is 9.73. The molecule has 0 saturated carbocycles. The van der Waals surface area contributed by atoms with Crippen LogP contribution in [0.2, 0.25) is 0 Å². The normalized spacial score (nSPS) is 49.9. The summed E-state index contributed by atoms with van der Waals surface area (Å²) in [6.07, 6.45) is -17.9. The van der Waals surface area contributed by atoms with E-state index in [1.54, 1.807) is 48.5 Å². The Hall–Kier alpha value is -1.70. The Morgan fingerprint density at radius 2 is 1.45 bits per heavy atom. The van der Waals surface area contributed by atoms with Crippen molar-refractivity contribution in [3.05, 3.63) is 0 Å². The molecule has 4 heterocycles. The average Bonchev–Trinajstić information content (AvgIpc) is 3.23. The highest BCUT2D eigenvalue weighted by Gasteiger charge is 2.54. The summed E-state index contributed by atoms with van der Waals surface area (Å²) >= 11 is 0. The monoisotopic (exact) mass is 925 g/mol. The second-order valence-corrected chi connectivity index (χ2v) is 19.6. The molecule has 64 heavy (non-hydrogen) atoms. The molecule has 8 N–H and O–H groups in total. The van der Waals surface area contributed by atoms with E-state index in [1.165, 1.54) is 28.1 Å². The largest absolute Gasteiger partial charge is 0.459 e. The number of aliphatic hydroxyl groups excluding tert-OH is 6. The summed E-state index contributed by atoms with van der Waals surface area (Å²) in [6.45, 7) is 15.7. The van der Waals surface area contributed by atoms with Crippen LogP contribution in [0.5, 0.6) is 0 Å². The van der Waals surface area contributed by atoms with Gasteiger partial charge in [-0.1, -0.05) is 32.9 Å². The minimum absolute atomic E-state index is 0.0440. The van der Waals surface area contributed by atoms with Gasteiger partial charge in [0.2, 0.25) is 0 Å². The molecule has 0 radical (unpaired) electrons. The maximum atomic E-state index is 14.5. The zero-order valence-electron chi connectivity index (χ0n) is 40.1. The van der Waals surface area contributed by atoms with Gasteiger partial charge in [-0.15, -0.1) is 0 Å². The van der Waals surface area contributed by atoms with E-state index >= 15 is 0 Å². The van der Waals surface area contributed by atoms with Crippen molar-refractivity contribution in [2.45, 2.75) is 210 Å². The third kappa shape index (κ3) is 11.8. The first-order valence-electron chi connectivity index (χ1n) is 22.6. The molecule has 0 spiro atoms. The summed E-state index contributed by atoms with van der Waals surface area (Å²) in [6, 6.07) is -0.390. The molecule has 23 atom stereocenters. The maximum Gasteiger partial charge on any atom is 0.311 e. The Kier molecular flexibility index (Phi) is 19.0. The van der Waals surface area contributed by atoms with E-state index in [9.17, 15) is 45.6 Å². The number of cyclic esters (lactones) is 1. The smallest absolute Gasteiger partial charge is 0.311 e. The van der Waals surface area contributed by atoms with E-state index in [-0.39, 0.29) is 31.1 Å². The summed E-state index contributed by atoms with van der Waals surface area (Å²) in [4.78, 5) is 22.2. The van der Waals surface area contributed by atoms with Crippen molar-refractivity contribution in [2.24, 2.45) is 28.8 Å². The van der Waals surface area contributed by atoms with Crippen LogP contribution in [0, 0.1) is 23.7 Å². The van der Waals surface area contributed by atoms with Crippen LogP contribution in [-0.4, -0.2) is 207 Å². The molecule has 4 aliphatic heterocycles. The molecule has 4 fully saturated rings. The molecule has 0 aromatic rings. The van der Waals surface area contributed by atoms with E-state index in [0.717, 1.165) is 0 Å². The lowest BCUT2D eigenvalue weighted by molar-refractivity contribution is -0.318. The lowest BCUT2D eigenvalue weighted by Crippen LogP contribution is -2.61. The van der Waals surface area contributed by atoms with Gasteiger partial charge < -0.3 is 88.5 Å². The van der Waals surface area contributed by atoms with Crippen molar-refractivity contribution in [1.29, 1.82) is 0 Å². The predicted molar refractivity (Wildman–Crippen MR) is 228 cm³/mol. The van der Waals surface area contributed by atoms with Crippen LogP contribution in [0.4, 0.5) is 0 Å². The number of nitrogens with zero attached hydrogens (tertiary/aromatic N) is 2. The van der Waals surface area contributed by atoms with E-state index in [1.807, 2.05) is 25.9 Å². The van der Waals surface area contributed by atoms with Crippen LogP contribution in [0.25, 0.3) is 0 Å². The number of esters is 1. The van der Waals surface area contributed by atoms with Gasteiger partial charge >= 0.3 is 5.97 Å². The molecule has 20 heteroatoms. The standard InChI is InChI=1S/C44H80N2O18/c1-15-28-44(10,55)36(51)22(4)30(45-64-35-32(49)27(19-47)60-40(56-13)33(35)50)20(2)17-42(8,54)38(63-41-31(48)26(46(11)12)16-21(3)58-41)23(5)34(24(6)39(53)61-28)62-29-18-43(9,57-14)37(52)25(7)59-29/h20-29,31-38,40-41,47-52,54-55H,15-19H2,1-14H3/b45-30+/t20-,21-,22+,23+,24-,25+,26+,27-,28+,29+,31-,32-,33-,34+,35+,36-,37+,38-,40-,41+,42-,43-,44-/m1/s1. The quantitative estimate of drug-likeness (QED) is 0.100. The van der Waals surface area contributed by atoms with E-state index in [4.69, 9.17) is 42.7 Å². The van der Waals surface area contributed by atoms with Crippen molar-refractivity contribution in [2.75, 3.05) is 34.9 Å². The van der Waals surface area contributed by atoms with Gasteiger partial charge in [-0.05, 0) is 74.9 Å². The first kappa shape index (κ1) is 54.9. The highest BCUT2D eigenvalue weighted by Crippen LogP contribution is 2.41. The Balaban J connectivity index is 1.90. The van der Waals surface area contributed by atoms with Crippen LogP contribution < -0.4 is 0 Å². The number of carbonyl (C=O) groups is 1. The van der Waals surface area contributed by atoms with Gasteiger partial charge in [0.05, 0.1) is 60.0 Å². The summed E-state index contributed by atoms with van der Waals surface area (Å²) < 4.78 is 48.4. The fraction of sp³-hybridized carbons (Fsp3) is 0.955. The maximum absolute atomic E-state index is 14.5. The second kappa shape index (κ2) is 22.2. The molecule has 0 bridgehead atoms. The Morgan fingerprint density at radius 1 is 0.812 bits per heavy atom. The number of hydrogen-bond donors (Lipinski definition) is 8. The summed E-state index contributed by atoms with van der Waals surface area (Å²) in [7, 11) is 6.39. The lowest BCUT2D eigenvalue weighted by Gasteiger charge is -2.49. The second-order valence-electron chi connectivity index (χ2n) is 19.6. The van der Waals surface area contributed by atoms with Gasteiger partial charge in [-0.3, -0.25) is 4.79 Å². The van der Waals surface area contributed by atoms with Crippen LogP contribution in [0.15, 0.2) is 5.16 Å². The molecule has 0 amide bonds.